The van der Waals surface area contributed by atoms with Crippen molar-refractivity contribution in [3.05, 3.63) is 38.2 Å². The van der Waals surface area contributed by atoms with Crippen LogP contribution in [-0.4, -0.2) is 15.8 Å². The van der Waals surface area contributed by atoms with Crippen LogP contribution in [0.2, 0.25) is 5.02 Å². The molecule has 2 atom stereocenters. The molecule has 0 aliphatic heterocycles. The summed E-state index contributed by atoms with van der Waals surface area (Å²) in [6, 6.07) is 4.07. The average molecular weight is 321 g/mol. The van der Waals surface area contributed by atoms with Crippen LogP contribution in [0.25, 0.3) is 0 Å². The normalized spacial score (nSPS) is 15.0. The molecular weight excluding hydrogens is 310 g/mol. The van der Waals surface area contributed by atoms with Crippen LogP contribution >= 0.6 is 38.9 Å². The molecule has 0 saturated heterocycles. The molecule has 0 spiro atoms. The van der Waals surface area contributed by atoms with Crippen LogP contribution in [-0.2, 0) is 0 Å². The number of hydrogen-bond acceptors (Lipinski definition) is 3. The molecule has 0 amide bonds. The molecule has 2 aromatic heterocycles. The molecule has 0 saturated carbocycles. The van der Waals surface area contributed by atoms with Gasteiger partial charge < -0.3 is 5.73 Å². The summed E-state index contributed by atoms with van der Waals surface area (Å²) in [4.78, 5) is 1.17. The third-order valence-corrected chi connectivity index (χ3v) is 4.13. The van der Waals surface area contributed by atoms with Gasteiger partial charge in [0.15, 0.2) is 0 Å². The highest BCUT2D eigenvalue weighted by Crippen LogP contribution is 2.31. The highest BCUT2D eigenvalue weighted by Gasteiger charge is 2.20. The first kappa shape index (κ1) is 12.1. The first-order valence-electron chi connectivity index (χ1n) is 4.78. The largest absolute Gasteiger partial charge is 0.326 e. The molecule has 2 rings (SSSR count). The molecule has 0 aliphatic rings. The minimum atomic E-state index is -0.0264. The molecule has 2 heterocycles. The van der Waals surface area contributed by atoms with E-state index in [1.54, 1.807) is 23.7 Å². The number of aromatic nitrogens is 2. The van der Waals surface area contributed by atoms with Gasteiger partial charge in [0.05, 0.1) is 15.0 Å². The maximum absolute atomic E-state index is 6.01. The number of nitrogens with two attached hydrogens (primary N) is 1. The minimum absolute atomic E-state index is 0.0264. The Balaban J connectivity index is 2.38. The second-order valence-corrected chi connectivity index (χ2v) is 6.52. The van der Waals surface area contributed by atoms with E-state index >= 15 is 0 Å². The Hall–Kier alpha value is -0.360. The van der Waals surface area contributed by atoms with Crippen molar-refractivity contribution in [2.24, 2.45) is 5.73 Å². The van der Waals surface area contributed by atoms with E-state index in [1.807, 2.05) is 17.7 Å². The van der Waals surface area contributed by atoms with E-state index in [4.69, 9.17) is 17.3 Å². The topological polar surface area (TPSA) is 43.8 Å². The fourth-order valence-electron chi connectivity index (χ4n) is 1.58. The zero-order valence-corrected chi connectivity index (χ0v) is 11.8. The first-order valence-corrected chi connectivity index (χ1v) is 6.77. The van der Waals surface area contributed by atoms with Crippen LogP contribution in [0, 0.1) is 0 Å². The molecule has 16 heavy (non-hydrogen) atoms. The van der Waals surface area contributed by atoms with Crippen molar-refractivity contribution in [1.29, 1.82) is 0 Å². The summed E-state index contributed by atoms with van der Waals surface area (Å²) in [5.74, 6) is 0. The predicted octanol–water partition coefficient (Wildman–Crippen LogP) is 3.30. The van der Waals surface area contributed by atoms with Crippen LogP contribution in [0.4, 0.5) is 0 Å². The second kappa shape index (κ2) is 4.87. The molecule has 2 aromatic rings. The van der Waals surface area contributed by atoms with Gasteiger partial charge in [-0.25, -0.2) is 0 Å². The van der Waals surface area contributed by atoms with Crippen LogP contribution in [0.1, 0.15) is 17.8 Å². The van der Waals surface area contributed by atoms with E-state index in [0.717, 1.165) is 3.79 Å². The second-order valence-electron chi connectivity index (χ2n) is 3.58. The van der Waals surface area contributed by atoms with Crippen LogP contribution in [0.5, 0.6) is 0 Å². The van der Waals surface area contributed by atoms with Crippen molar-refractivity contribution < 1.29 is 0 Å². The number of hydrogen-bond donors (Lipinski definition) is 1. The van der Waals surface area contributed by atoms with Gasteiger partial charge in [-0.2, -0.15) is 5.10 Å². The Bertz CT molecular complexity index is 440. The smallest absolute Gasteiger partial charge is 0.101 e. The monoisotopic (exact) mass is 319 g/mol. The zero-order valence-electron chi connectivity index (χ0n) is 8.60. The lowest BCUT2D eigenvalue weighted by Gasteiger charge is -2.19. The Morgan fingerprint density at radius 1 is 1.56 bits per heavy atom. The van der Waals surface area contributed by atoms with Gasteiger partial charge in [-0.05, 0) is 35.0 Å². The maximum Gasteiger partial charge on any atom is 0.101 e. The summed E-state index contributed by atoms with van der Waals surface area (Å²) in [6.07, 6.45) is 3.42. The van der Waals surface area contributed by atoms with E-state index in [-0.39, 0.29) is 12.1 Å². The third-order valence-electron chi connectivity index (χ3n) is 2.24. The molecule has 2 unspecified atom stereocenters. The zero-order chi connectivity index (χ0) is 11.7. The van der Waals surface area contributed by atoms with Crippen LogP contribution in [0.3, 0.4) is 0 Å². The molecule has 0 aromatic carbocycles. The maximum atomic E-state index is 6.01. The van der Waals surface area contributed by atoms with E-state index < -0.39 is 0 Å². The quantitative estimate of drug-likeness (QED) is 0.943. The summed E-state index contributed by atoms with van der Waals surface area (Å²) in [5.41, 5.74) is 6.01. The lowest BCUT2D eigenvalue weighted by molar-refractivity contribution is 0.460. The van der Waals surface area contributed by atoms with E-state index in [9.17, 15) is 0 Å². The highest BCUT2D eigenvalue weighted by molar-refractivity contribution is 9.11. The summed E-state index contributed by atoms with van der Waals surface area (Å²) < 4.78 is 2.90. The Morgan fingerprint density at radius 3 is 2.75 bits per heavy atom. The van der Waals surface area contributed by atoms with Gasteiger partial charge in [0.1, 0.15) is 6.04 Å². The van der Waals surface area contributed by atoms with Crippen molar-refractivity contribution >= 4 is 38.9 Å². The van der Waals surface area contributed by atoms with E-state index in [0.29, 0.717) is 5.02 Å². The Kier molecular flexibility index (Phi) is 3.69. The number of halogens is 2. The number of rotatable bonds is 3. The van der Waals surface area contributed by atoms with Gasteiger partial charge in [-0.15, -0.1) is 11.3 Å². The van der Waals surface area contributed by atoms with Crippen LogP contribution < -0.4 is 5.73 Å². The molecule has 6 heteroatoms. The van der Waals surface area contributed by atoms with Gasteiger partial charge in [0.25, 0.3) is 0 Å². The van der Waals surface area contributed by atoms with Crippen molar-refractivity contribution in [1.82, 2.24) is 9.78 Å². The van der Waals surface area contributed by atoms with E-state index in [2.05, 4.69) is 27.1 Å². The fourth-order valence-corrected chi connectivity index (χ4v) is 3.36. The molecule has 2 N–H and O–H groups in total. The minimum Gasteiger partial charge on any atom is -0.326 e. The summed E-state index contributed by atoms with van der Waals surface area (Å²) in [6.45, 7) is 1.97. The van der Waals surface area contributed by atoms with Crippen LogP contribution in [0.15, 0.2) is 28.3 Å². The standard InChI is InChI=1S/C10H11BrClN3S/c1-6(13)10(8-2-3-9(11)16-8)15-5-7(12)4-14-15/h2-6,10H,13H2,1H3. The molecular formula is C10H11BrClN3S. The van der Waals surface area contributed by atoms with Gasteiger partial charge in [-0.3, -0.25) is 4.68 Å². The fraction of sp³-hybridized carbons (Fsp3) is 0.300. The van der Waals surface area contributed by atoms with Crippen molar-refractivity contribution in [2.75, 3.05) is 0 Å². The molecule has 86 valence electrons. The van der Waals surface area contributed by atoms with Crippen molar-refractivity contribution in [3.63, 3.8) is 0 Å². The van der Waals surface area contributed by atoms with Crippen molar-refractivity contribution in [2.45, 2.75) is 19.0 Å². The lowest BCUT2D eigenvalue weighted by Crippen LogP contribution is -2.29. The Morgan fingerprint density at radius 2 is 2.31 bits per heavy atom. The predicted molar refractivity (Wildman–Crippen MR) is 71.0 cm³/mol. The molecule has 0 bridgehead atoms. The Labute approximate surface area is 111 Å². The van der Waals surface area contributed by atoms with Crippen molar-refractivity contribution in [3.8, 4) is 0 Å². The highest BCUT2D eigenvalue weighted by atomic mass is 79.9. The average Bonchev–Trinajstić information content (AvgIpc) is 2.76. The molecule has 0 radical (unpaired) electrons. The molecule has 0 aliphatic carbocycles. The first-order chi connectivity index (χ1) is 7.58. The lowest BCUT2D eigenvalue weighted by atomic mass is 10.1. The summed E-state index contributed by atoms with van der Waals surface area (Å²) >= 11 is 11.0. The molecule has 3 nitrogen and oxygen atoms in total. The number of thiophene rings is 1. The molecule has 0 fully saturated rings. The van der Waals surface area contributed by atoms with Gasteiger partial charge in [0.2, 0.25) is 0 Å². The summed E-state index contributed by atoms with van der Waals surface area (Å²) in [5, 5.41) is 4.85. The van der Waals surface area contributed by atoms with E-state index in [1.165, 1.54) is 4.88 Å². The number of nitrogens with zero attached hydrogens (tertiary/aromatic N) is 2. The van der Waals surface area contributed by atoms with Gasteiger partial charge in [0, 0.05) is 17.1 Å². The third kappa shape index (κ3) is 2.48. The summed E-state index contributed by atoms with van der Waals surface area (Å²) in [7, 11) is 0. The SMILES string of the molecule is CC(N)C(c1ccc(Br)s1)n1cc(Cl)cn1. The van der Waals surface area contributed by atoms with Gasteiger partial charge >= 0.3 is 0 Å². The van der Waals surface area contributed by atoms with Gasteiger partial charge in [-0.1, -0.05) is 11.6 Å².